The third-order valence-electron chi connectivity index (χ3n) is 19.5. The van der Waals surface area contributed by atoms with E-state index in [0.717, 1.165) is 89.9 Å². The molecule has 12 N–H and O–H groups in total. The SMILES string of the molecule is CC/C=C\C/C=C\C/C=C\C/C=C\C/C=C\C/C=C\C/C=C\CCCCCCCCCCCCCCCCCCCCCC(=O)NC(COC1OC(CO)C(OC2OC(CO)C(OC3OC(CO)C(O)C(O)C3O)C(O)C2O)C(O)C1O)C(O)/C=C/CC/C=C/CC/C=C/CCCCCCCCCC. The largest absolute Gasteiger partial charge is 0.394 e. The van der Waals surface area contributed by atoms with E-state index in [9.17, 15) is 61.0 Å². The van der Waals surface area contributed by atoms with Crippen LogP contribution in [0, 0.1) is 0 Å². The Kier molecular flexibility index (Phi) is 58.1. The zero-order valence-corrected chi connectivity index (χ0v) is 64.0. The number of carbonyl (C=O) groups is 1. The number of nitrogens with one attached hydrogen (secondary N) is 1. The molecule has 0 bridgehead atoms. The van der Waals surface area contributed by atoms with Gasteiger partial charge < -0.3 is 89.9 Å². The van der Waals surface area contributed by atoms with Gasteiger partial charge in [-0.15, -0.1) is 0 Å². The van der Waals surface area contributed by atoms with Crippen LogP contribution in [-0.4, -0.2) is 193 Å². The molecule has 3 saturated heterocycles. The van der Waals surface area contributed by atoms with Gasteiger partial charge in [0.15, 0.2) is 18.9 Å². The molecule has 0 aromatic carbocycles. The van der Waals surface area contributed by atoms with Crippen molar-refractivity contribution in [3.63, 3.8) is 0 Å². The summed E-state index contributed by atoms with van der Waals surface area (Å²) in [5.41, 5.74) is 0. The van der Waals surface area contributed by atoms with E-state index in [0.29, 0.717) is 12.8 Å². The minimum atomic E-state index is -1.99. The molecule has 3 heterocycles. The molecule has 0 radical (unpaired) electrons. The summed E-state index contributed by atoms with van der Waals surface area (Å²) in [4.78, 5) is 13.5. The Hall–Kier alpha value is -3.81. The van der Waals surface area contributed by atoms with Gasteiger partial charge in [0.2, 0.25) is 5.91 Å². The summed E-state index contributed by atoms with van der Waals surface area (Å²) in [6.45, 7) is 1.59. The number of hydrogen-bond acceptors (Lipinski definition) is 18. The number of aliphatic hydroxyl groups excluding tert-OH is 11. The summed E-state index contributed by atoms with van der Waals surface area (Å²) in [5.74, 6) is -0.290. The van der Waals surface area contributed by atoms with Crippen LogP contribution in [0.1, 0.15) is 277 Å². The third kappa shape index (κ3) is 43.4. The van der Waals surface area contributed by atoms with Crippen molar-refractivity contribution in [1.82, 2.24) is 5.32 Å². The van der Waals surface area contributed by atoms with Gasteiger partial charge in [0, 0.05) is 6.42 Å². The van der Waals surface area contributed by atoms with Crippen molar-refractivity contribution in [3.05, 3.63) is 122 Å². The van der Waals surface area contributed by atoms with E-state index in [-0.39, 0.29) is 18.9 Å². The predicted molar refractivity (Wildman–Crippen MR) is 415 cm³/mol. The molecular weight excluding hydrogens is 1320 g/mol. The summed E-state index contributed by atoms with van der Waals surface area (Å²) >= 11 is 0. The van der Waals surface area contributed by atoms with Crippen molar-refractivity contribution in [3.8, 4) is 0 Å². The molecule has 598 valence electrons. The Balaban J connectivity index is 1.32. The first-order valence-corrected chi connectivity index (χ1v) is 40.8. The molecule has 3 aliphatic rings. The molecular formula is C85H145NO18. The number of allylic oxidation sites excluding steroid dienone is 19. The molecule has 0 spiro atoms. The van der Waals surface area contributed by atoms with Crippen LogP contribution in [0.3, 0.4) is 0 Å². The molecule has 0 aromatic rings. The molecule has 17 unspecified atom stereocenters. The predicted octanol–water partition coefficient (Wildman–Crippen LogP) is 13.9. The number of amides is 1. The van der Waals surface area contributed by atoms with Gasteiger partial charge >= 0.3 is 0 Å². The molecule has 19 nitrogen and oxygen atoms in total. The van der Waals surface area contributed by atoms with Crippen molar-refractivity contribution in [2.75, 3.05) is 26.4 Å². The van der Waals surface area contributed by atoms with E-state index in [2.05, 4.69) is 129 Å². The van der Waals surface area contributed by atoms with Crippen molar-refractivity contribution in [1.29, 1.82) is 0 Å². The van der Waals surface area contributed by atoms with Crippen LogP contribution in [0.25, 0.3) is 0 Å². The lowest BCUT2D eigenvalue weighted by molar-refractivity contribution is -0.379. The van der Waals surface area contributed by atoms with Gasteiger partial charge in [0.1, 0.15) is 73.2 Å². The first kappa shape index (κ1) is 94.4. The van der Waals surface area contributed by atoms with Gasteiger partial charge in [-0.25, -0.2) is 0 Å². The van der Waals surface area contributed by atoms with Crippen molar-refractivity contribution < 1.29 is 89.4 Å². The zero-order valence-electron chi connectivity index (χ0n) is 64.0. The summed E-state index contributed by atoms with van der Waals surface area (Å²) in [7, 11) is 0. The lowest BCUT2D eigenvalue weighted by Crippen LogP contribution is -2.66. The maximum absolute atomic E-state index is 13.5. The Morgan fingerprint density at radius 1 is 0.356 bits per heavy atom. The van der Waals surface area contributed by atoms with Gasteiger partial charge in [0.05, 0.1) is 38.6 Å². The van der Waals surface area contributed by atoms with Crippen molar-refractivity contribution >= 4 is 5.91 Å². The summed E-state index contributed by atoms with van der Waals surface area (Å²) < 4.78 is 34.4. The van der Waals surface area contributed by atoms with Gasteiger partial charge in [-0.1, -0.05) is 289 Å². The van der Waals surface area contributed by atoms with Crippen LogP contribution in [0.2, 0.25) is 0 Å². The number of rotatable bonds is 63. The van der Waals surface area contributed by atoms with E-state index in [1.807, 2.05) is 6.08 Å². The molecule has 3 fully saturated rings. The van der Waals surface area contributed by atoms with Crippen LogP contribution >= 0.6 is 0 Å². The Labute approximate surface area is 627 Å². The van der Waals surface area contributed by atoms with E-state index >= 15 is 0 Å². The summed E-state index contributed by atoms with van der Waals surface area (Å²) in [6, 6.07) is -1.00. The highest BCUT2D eigenvalue weighted by molar-refractivity contribution is 5.76. The molecule has 17 atom stereocenters. The quantitative estimate of drug-likeness (QED) is 0.0199. The zero-order chi connectivity index (χ0) is 75.3. The Morgan fingerprint density at radius 3 is 1.08 bits per heavy atom. The summed E-state index contributed by atoms with van der Waals surface area (Å²) in [6.07, 6.45) is 63.4. The van der Waals surface area contributed by atoms with Crippen LogP contribution < -0.4 is 5.32 Å². The lowest BCUT2D eigenvalue weighted by atomic mass is 9.96. The second-order valence-corrected chi connectivity index (χ2v) is 28.5. The minimum Gasteiger partial charge on any atom is -0.394 e. The first-order valence-electron chi connectivity index (χ1n) is 40.8. The number of ether oxygens (including phenoxy) is 6. The molecule has 0 aromatic heterocycles. The standard InChI is InChI=1S/C85H145NO18/c1-3-5-7-9-11-13-15-17-19-21-23-24-25-26-27-28-29-30-31-32-33-34-35-36-37-38-39-40-41-42-43-44-45-47-49-51-53-55-57-59-61-63-73(91)86-68(69(90)62-60-58-56-54-52-50-48-46-22-20-18-16-14-12-10-8-6-4-2)67-99-83-79(97)76(94)81(71(65-88)101-83)104-85-80(98)77(95)82(72(66-89)102-85)103-84-78(96)75(93)74(92)70(64-87)100-84/h5,7,11,13,17,19,22-24,26-27,29-30,32-33,46,52,54,60,62,68-72,74-85,87-90,92-98H,3-4,6,8-10,12,14-16,18,20-21,25,28,31,34-45,47-51,53,55-59,61,63-67H2,1-2H3,(H,86,91)/b7-5-,13-11-,19-17-,24-23-,27-26-,30-29-,33-32-,46-22+,54-52+,62-60+. The maximum atomic E-state index is 13.5. The Morgan fingerprint density at radius 2 is 0.673 bits per heavy atom. The molecule has 104 heavy (non-hydrogen) atoms. The average Bonchev–Trinajstić information content (AvgIpc) is 0.783. The molecule has 3 aliphatic heterocycles. The average molecular weight is 1470 g/mol. The van der Waals surface area contributed by atoms with Crippen molar-refractivity contribution in [2.24, 2.45) is 0 Å². The monoisotopic (exact) mass is 1470 g/mol. The number of unbranched alkanes of at least 4 members (excludes halogenated alkanes) is 29. The maximum Gasteiger partial charge on any atom is 0.220 e. The van der Waals surface area contributed by atoms with E-state index in [4.69, 9.17) is 28.4 Å². The second kappa shape index (κ2) is 64.1. The molecule has 19 heteroatoms. The summed E-state index contributed by atoms with van der Waals surface area (Å²) in [5, 5.41) is 121. The highest BCUT2D eigenvalue weighted by Crippen LogP contribution is 2.33. The van der Waals surface area contributed by atoms with Crippen LogP contribution in [-0.2, 0) is 33.2 Å². The van der Waals surface area contributed by atoms with Gasteiger partial charge in [-0.05, 0) is 103 Å². The van der Waals surface area contributed by atoms with Crippen LogP contribution in [0.5, 0.6) is 0 Å². The van der Waals surface area contributed by atoms with Crippen molar-refractivity contribution in [2.45, 2.75) is 381 Å². The van der Waals surface area contributed by atoms with E-state index < -0.39 is 124 Å². The molecule has 0 saturated carbocycles. The lowest BCUT2D eigenvalue weighted by Gasteiger charge is -2.48. The highest BCUT2D eigenvalue weighted by atomic mass is 16.8. The number of carbonyl (C=O) groups excluding carboxylic acids is 1. The fraction of sp³-hybridized carbons (Fsp3) is 0.753. The number of hydrogen-bond donors (Lipinski definition) is 12. The Bertz CT molecular complexity index is 2350. The number of aliphatic hydroxyl groups is 11. The topological polar surface area (TPSA) is 307 Å². The molecule has 1 amide bonds. The third-order valence-corrected chi connectivity index (χ3v) is 19.5. The van der Waals surface area contributed by atoms with Crippen LogP contribution in [0.15, 0.2) is 122 Å². The van der Waals surface area contributed by atoms with Gasteiger partial charge in [0.25, 0.3) is 0 Å². The second-order valence-electron chi connectivity index (χ2n) is 28.5. The van der Waals surface area contributed by atoms with Gasteiger partial charge in [-0.2, -0.15) is 0 Å². The highest BCUT2D eigenvalue weighted by Gasteiger charge is 2.54. The first-order chi connectivity index (χ1) is 50.8. The molecule has 3 rings (SSSR count). The normalized spacial score (nSPS) is 26.6. The fourth-order valence-corrected chi connectivity index (χ4v) is 13.0. The van der Waals surface area contributed by atoms with E-state index in [1.165, 1.54) is 154 Å². The smallest absolute Gasteiger partial charge is 0.220 e. The molecule has 0 aliphatic carbocycles. The van der Waals surface area contributed by atoms with Gasteiger partial charge in [-0.3, -0.25) is 4.79 Å². The van der Waals surface area contributed by atoms with E-state index in [1.54, 1.807) is 6.08 Å². The fourth-order valence-electron chi connectivity index (χ4n) is 13.0. The van der Waals surface area contributed by atoms with Crippen LogP contribution in [0.4, 0.5) is 0 Å². The minimum absolute atomic E-state index is 0.228.